The van der Waals surface area contributed by atoms with Crippen molar-refractivity contribution in [1.29, 1.82) is 0 Å². The molecule has 0 fully saturated rings. The second kappa shape index (κ2) is 6.61. The van der Waals surface area contributed by atoms with E-state index in [1.807, 2.05) is 18.2 Å². The fraction of sp³-hybridized carbons (Fsp3) is 0.0714. The molecule has 21 heavy (non-hydrogen) atoms. The first kappa shape index (κ1) is 16.0. The van der Waals surface area contributed by atoms with Crippen LogP contribution in [0.25, 0.3) is 0 Å². The summed E-state index contributed by atoms with van der Waals surface area (Å²) in [6.45, 7) is 0. The first-order chi connectivity index (χ1) is 9.88. The molecular weight excluding hydrogens is 412 g/mol. The Hall–Kier alpha value is -1.35. The van der Waals surface area contributed by atoms with Crippen LogP contribution in [0.2, 0.25) is 0 Å². The standard InChI is InChI=1S/C14H10F3IN2S/c15-14(16,17)9-5-1-3-7-11(9)19-13(21)20-12-8-4-2-6-10(12)18/h1-8H,(H2,19,20,21). The Kier molecular flexibility index (Phi) is 5.04. The van der Waals surface area contributed by atoms with Crippen molar-refractivity contribution in [1.82, 2.24) is 0 Å². The van der Waals surface area contributed by atoms with Crippen LogP contribution in [-0.2, 0) is 6.18 Å². The average Bonchev–Trinajstić information content (AvgIpc) is 2.41. The summed E-state index contributed by atoms with van der Waals surface area (Å²) in [5, 5.41) is 5.58. The molecule has 2 N–H and O–H groups in total. The van der Waals surface area contributed by atoms with Gasteiger partial charge >= 0.3 is 6.18 Å². The predicted molar refractivity (Wildman–Crippen MR) is 90.4 cm³/mol. The maximum absolute atomic E-state index is 12.9. The molecular formula is C14H10F3IN2S. The highest BCUT2D eigenvalue weighted by molar-refractivity contribution is 14.1. The zero-order valence-electron chi connectivity index (χ0n) is 10.5. The highest BCUT2D eigenvalue weighted by Crippen LogP contribution is 2.34. The van der Waals surface area contributed by atoms with Crippen molar-refractivity contribution in [3.63, 3.8) is 0 Å². The van der Waals surface area contributed by atoms with E-state index in [2.05, 4.69) is 33.2 Å². The first-order valence-corrected chi connectivity index (χ1v) is 7.35. The molecule has 0 saturated carbocycles. The van der Waals surface area contributed by atoms with E-state index in [1.165, 1.54) is 18.2 Å². The van der Waals surface area contributed by atoms with E-state index in [0.29, 0.717) is 0 Å². The Labute approximate surface area is 138 Å². The fourth-order valence-electron chi connectivity index (χ4n) is 1.68. The number of halogens is 4. The Bertz CT molecular complexity index is 659. The monoisotopic (exact) mass is 422 g/mol. The number of thiocarbonyl (C=S) groups is 1. The Balaban J connectivity index is 2.16. The van der Waals surface area contributed by atoms with E-state index < -0.39 is 11.7 Å². The average molecular weight is 422 g/mol. The molecule has 0 radical (unpaired) electrons. The quantitative estimate of drug-likeness (QED) is 0.519. The van der Waals surface area contributed by atoms with E-state index in [0.717, 1.165) is 15.3 Å². The lowest BCUT2D eigenvalue weighted by Gasteiger charge is -2.16. The van der Waals surface area contributed by atoms with E-state index in [9.17, 15) is 13.2 Å². The van der Waals surface area contributed by atoms with Gasteiger partial charge in [0.1, 0.15) is 0 Å². The first-order valence-electron chi connectivity index (χ1n) is 5.86. The second-order valence-electron chi connectivity index (χ2n) is 4.10. The van der Waals surface area contributed by atoms with E-state index >= 15 is 0 Å². The molecule has 2 aromatic carbocycles. The van der Waals surface area contributed by atoms with Crippen molar-refractivity contribution >= 4 is 51.3 Å². The number of hydrogen-bond acceptors (Lipinski definition) is 1. The normalized spacial score (nSPS) is 11.0. The summed E-state index contributed by atoms with van der Waals surface area (Å²) in [7, 11) is 0. The van der Waals surface area contributed by atoms with Crippen LogP contribution in [0, 0.1) is 3.57 Å². The van der Waals surface area contributed by atoms with E-state index in [1.54, 1.807) is 6.07 Å². The summed E-state index contributed by atoms with van der Waals surface area (Å²) in [5.74, 6) is 0. The van der Waals surface area contributed by atoms with Crippen LogP contribution in [-0.4, -0.2) is 5.11 Å². The van der Waals surface area contributed by atoms with Crippen molar-refractivity contribution < 1.29 is 13.2 Å². The van der Waals surface area contributed by atoms with Gasteiger partial charge in [-0.1, -0.05) is 24.3 Å². The van der Waals surface area contributed by atoms with Crippen LogP contribution in [0.3, 0.4) is 0 Å². The summed E-state index contributed by atoms with van der Waals surface area (Å²) in [6.07, 6.45) is -4.43. The van der Waals surface area contributed by atoms with E-state index in [4.69, 9.17) is 12.2 Å². The van der Waals surface area contributed by atoms with Gasteiger partial charge in [-0.25, -0.2) is 0 Å². The number of hydrogen-bond donors (Lipinski definition) is 2. The lowest BCUT2D eigenvalue weighted by molar-refractivity contribution is -0.136. The lowest BCUT2D eigenvalue weighted by atomic mass is 10.1. The van der Waals surface area contributed by atoms with Crippen molar-refractivity contribution in [3.8, 4) is 0 Å². The van der Waals surface area contributed by atoms with Gasteiger partial charge in [-0.3, -0.25) is 0 Å². The zero-order chi connectivity index (χ0) is 15.5. The number of nitrogens with one attached hydrogen (secondary N) is 2. The van der Waals surface area contributed by atoms with Gasteiger partial charge in [-0.2, -0.15) is 13.2 Å². The second-order valence-corrected chi connectivity index (χ2v) is 5.67. The molecule has 0 aliphatic heterocycles. The Morgan fingerprint density at radius 2 is 1.43 bits per heavy atom. The number of rotatable bonds is 2. The molecule has 2 rings (SSSR count). The van der Waals surface area contributed by atoms with Crippen molar-refractivity contribution in [2.75, 3.05) is 10.6 Å². The smallest absolute Gasteiger partial charge is 0.332 e. The Morgan fingerprint density at radius 1 is 0.905 bits per heavy atom. The molecule has 0 saturated heterocycles. The van der Waals surface area contributed by atoms with Crippen LogP contribution < -0.4 is 10.6 Å². The molecule has 0 unspecified atom stereocenters. The third-order valence-corrected chi connectivity index (χ3v) is 3.75. The maximum Gasteiger partial charge on any atom is 0.418 e. The predicted octanol–water partition coefficient (Wildman–Crippen LogP) is 5.12. The van der Waals surface area contributed by atoms with Crippen molar-refractivity contribution in [2.45, 2.75) is 6.18 Å². The molecule has 0 spiro atoms. The van der Waals surface area contributed by atoms with Crippen molar-refractivity contribution in [3.05, 3.63) is 57.7 Å². The SMILES string of the molecule is FC(F)(F)c1ccccc1NC(=S)Nc1ccccc1I. The van der Waals surface area contributed by atoms with Crippen LogP contribution in [0.1, 0.15) is 5.56 Å². The van der Waals surface area contributed by atoms with Gasteiger partial charge in [0, 0.05) is 3.57 Å². The lowest BCUT2D eigenvalue weighted by Crippen LogP contribution is -2.22. The molecule has 110 valence electrons. The largest absolute Gasteiger partial charge is 0.418 e. The molecule has 0 aliphatic carbocycles. The molecule has 0 aliphatic rings. The van der Waals surface area contributed by atoms with Crippen LogP contribution in [0.15, 0.2) is 48.5 Å². The van der Waals surface area contributed by atoms with Crippen molar-refractivity contribution in [2.24, 2.45) is 0 Å². The molecule has 0 amide bonds. The molecule has 7 heteroatoms. The zero-order valence-corrected chi connectivity index (χ0v) is 13.5. The molecule has 0 bridgehead atoms. The maximum atomic E-state index is 12.9. The minimum Gasteiger partial charge on any atom is -0.332 e. The number of anilines is 2. The topological polar surface area (TPSA) is 24.1 Å². The van der Waals surface area contributed by atoms with Crippen LogP contribution in [0.5, 0.6) is 0 Å². The summed E-state index contributed by atoms with van der Waals surface area (Å²) < 4.78 is 39.6. The minimum absolute atomic E-state index is 0.0755. The van der Waals surface area contributed by atoms with Gasteiger partial charge in [0.05, 0.1) is 16.9 Å². The van der Waals surface area contributed by atoms with E-state index in [-0.39, 0.29) is 10.8 Å². The van der Waals surface area contributed by atoms with Gasteiger partial charge in [0.2, 0.25) is 0 Å². The minimum atomic E-state index is -4.43. The van der Waals surface area contributed by atoms with Crippen LogP contribution in [0.4, 0.5) is 24.5 Å². The summed E-state index contributed by atoms with van der Waals surface area (Å²) in [5.41, 5.74) is -0.0922. The van der Waals surface area contributed by atoms with Gasteiger partial charge in [0.25, 0.3) is 0 Å². The fourth-order valence-corrected chi connectivity index (χ4v) is 2.42. The summed E-state index contributed by atoms with van der Waals surface area (Å²) >= 11 is 7.18. The molecule has 2 aromatic rings. The van der Waals surface area contributed by atoms with Gasteiger partial charge < -0.3 is 10.6 Å². The Morgan fingerprint density at radius 3 is 2.05 bits per heavy atom. The van der Waals surface area contributed by atoms with Gasteiger partial charge in [0.15, 0.2) is 5.11 Å². The summed E-state index contributed by atoms with van der Waals surface area (Å²) in [4.78, 5) is 0. The third kappa shape index (κ3) is 4.31. The highest BCUT2D eigenvalue weighted by Gasteiger charge is 2.33. The number of para-hydroxylation sites is 2. The van der Waals surface area contributed by atoms with Gasteiger partial charge in [-0.05, 0) is 59.1 Å². The third-order valence-electron chi connectivity index (χ3n) is 2.60. The molecule has 0 atom stereocenters. The molecule has 0 heterocycles. The molecule has 2 nitrogen and oxygen atoms in total. The highest BCUT2D eigenvalue weighted by atomic mass is 127. The van der Waals surface area contributed by atoms with Crippen LogP contribution >= 0.6 is 34.8 Å². The number of benzene rings is 2. The van der Waals surface area contributed by atoms with Gasteiger partial charge in [-0.15, -0.1) is 0 Å². The number of alkyl halides is 3. The molecule has 0 aromatic heterocycles. The summed E-state index contributed by atoms with van der Waals surface area (Å²) in [6, 6.07) is 12.6.